The van der Waals surface area contributed by atoms with E-state index in [1.165, 1.54) is 38.2 Å². The summed E-state index contributed by atoms with van der Waals surface area (Å²) in [4.78, 5) is 11.3. The van der Waals surface area contributed by atoms with Gasteiger partial charge >= 0.3 is 6.09 Å². The number of aliphatic hydroxyl groups excluding tert-OH is 1. The quantitative estimate of drug-likeness (QED) is 0.438. The lowest BCUT2D eigenvalue weighted by atomic mass is 9.77. The number of aliphatic hydroxyl groups is 3. The van der Waals surface area contributed by atoms with Gasteiger partial charge in [-0.25, -0.2) is 13.2 Å². The fraction of sp³-hybridized carbons (Fsp3) is 0.526. The van der Waals surface area contributed by atoms with Crippen LogP contribution in [0.15, 0.2) is 41.3 Å². The lowest BCUT2D eigenvalue weighted by molar-refractivity contribution is -0.371. The molecule has 0 bridgehead atoms. The number of carbonyl (C=O) groups excluding carboxylic acids is 1. The van der Waals surface area contributed by atoms with Crippen LogP contribution in [0.5, 0.6) is 0 Å². The Morgan fingerprint density at radius 3 is 2.37 bits per heavy atom. The average Bonchev–Trinajstić information content (AvgIpc) is 2.70. The van der Waals surface area contributed by atoms with Gasteiger partial charge in [0.2, 0.25) is 21.1 Å². The van der Waals surface area contributed by atoms with Crippen LogP contribution < -0.4 is 5.32 Å². The number of ether oxygens (including phenoxy) is 3. The predicted octanol–water partition coefficient (Wildman–Crippen LogP) is -0.147. The molecule has 0 aliphatic carbocycles. The second-order valence-electron chi connectivity index (χ2n) is 7.11. The topological polar surface area (TPSA) is 152 Å². The Labute approximate surface area is 175 Å². The normalized spacial score (nSPS) is 30.4. The zero-order valence-corrected chi connectivity index (χ0v) is 18.0. The summed E-state index contributed by atoms with van der Waals surface area (Å²) < 4.78 is 41.6. The molecule has 1 aliphatic heterocycles. The van der Waals surface area contributed by atoms with Gasteiger partial charge in [0.05, 0.1) is 11.5 Å². The molecule has 5 atom stereocenters. The first-order valence-corrected chi connectivity index (χ1v) is 10.5. The molecule has 1 aromatic rings. The third-order valence-corrected chi connectivity index (χ3v) is 6.95. The zero-order valence-electron chi connectivity index (χ0n) is 17.2. The number of carbonyl (C=O) groups is 1. The number of hydrogen-bond donors (Lipinski definition) is 4. The van der Waals surface area contributed by atoms with Gasteiger partial charge in [-0.3, -0.25) is 0 Å². The highest BCUT2D eigenvalue weighted by atomic mass is 32.2. The molecule has 1 saturated heterocycles. The van der Waals surface area contributed by atoms with Crippen molar-refractivity contribution in [2.24, 2.45) is 0 Å². The molecule has 1 heterocycles. The Morgan fingerprint density at radius 2 is 1.90 bits per heavy atom. The van der Waals surface area contributed by atoms with Crippen molar-refractivity contribution in [1.82, 2.24) is 5.32 Å². The summed E-state index contributed by atoms with van der Waals surface area (Å²) >= 11 is 0. The van der Waals surface area contributed by atoms with Crippen molar-refractivity contribution < 1.29 is 42.7 Å². The van der Waals surface area contributed by atoms with Crippen molar-refractivity contribution in [3.05, 3.63) is 42.0 Å². The van der Waals surface area contributed by atoms with E-state index in [1.807, 2.05) is 0 Å². The van der Waals surface area contributed by atoms with Gasteiger partial charge in [-0.1, -0.05) is 24.3 Å². The number of amides is 1. The van der Waals surface area contributed by atoms with Crippen LogP contribution in [0, 0.1) is 6.92 Å². The van der Waals surface area contributed by atoms with Crippen molar-refractivity contribution in [2.75, 3.05) is 20.8 Å². The standard InChI is InChI=1S/C19H27NO9S/c1-11(2)18(23)15(27-5)14(29-17(22)20-4)10-28-19(18,24)16(21)30(25,26)13-8-6-12(3)7-9-13/h6-9,14-16,21,23-24H,1,10H2,2-5H3,(H,20,22)/t14-,15-,16?,18-,19+/m1/s1. The van der Waals surface area contributed by atoms with Crippen LogP contribution in [-0.4, -0.2) is 79.6 Å². The van der Waals surface area contributed by atoms with E-state index < -0.39 is 51.6 Å². The van der Waals surface area contributed by atoms with Gasteiger partial charge in [0.1, 0.15) is 6.10 Å². The molecule has 1 aliphatic rings. The third kappa shape index (κ3) is 3.84. The number of hydrogen-bond acceptors (Lipinski definition) is 9. The summed E-state index contributed by atoms with van der Waals surface area (Å²) in [6.45, 7) is 6.06. The highest BCUT2D eigenvalue weighted by Crippen LogP contribution is 2.44. The molecule has 0 saturated carbocycles. The van der Waals surface area contributed by atoms with E-state index in [0.717, 1.165) is 12.7 Å². The third-order valence-electron chi connectivity index (χ3n) is 5.11. The van der Waals surface area contributed by atoms with Crippen LogP contribution in [-0.2, 0) is 24.0 Å². The molecule has 30 heavy (non-hydrogen) atoms. The number of rotatable bonds is 6. The number of aryl methyl sites for hydroxylation is 1. The lowest BCUT2D eigenvalue weighted by Crippen LogP contribution is -2.76. The van der Waals surface area contributed by atoms with Crippen molar-refractivity contribution in [3.8, 4) is 0 Å². The van der Waals surface area contributed by atoms with Gasteiger partial charge < -0.3 is 34.8 Å². The van der Waals surface area contributed by atoms with E-state index in [9.17, 15) is 28.5 Å². The van der Waals surface area contributed by atoms with Gasteiger partial charge in [-0.2, -0.15) is 0 Å². The van der Waals surface area contributed by atoms with Crippen molar-refractivity contribution in [1.29, 1.82) is 0 Å². The Bertz CT molecular complexity index is 901. The Morgan fingerprint density at radius 1 is 1.33 bits per heavy atom. The van der Waals surface area contributed by atoms with Gasteiger partial charge in [-0.15, -0.1) is 0 Å². The van der Waals surface area contributed by atoms with Gasteiger partial charge in [0, 0.05) is 14.2 Å². The van der Waals surface area contributed by atoms with Gasteiger partial charge in [0.25, 0.3) is 0 Å². The summed E-state index contributed by atoms with van der Waals surface area (Å²) in [6.07, 6.45) is -3.62. The number of sulfone groups is 1. The first-order chi connectivity index (χ1) is 13.9. The smallest absolute Gasteiger partial charge is 0.407 e. The van der Waals surface area contributed by atoms with Crippen LogP contribution in [0.25, 0.3) is 0 Å². The van der Waals surface area contributed by atoms with Crippen LogP contribution in [0.3, 0.4) is 0 Å². The monoisotopic (exact) mass is 445 g/mol. The van der Waals surface area contributed by atoms with Crippen molar-refractivity contribution in [2.45, 2.75) is 47.8 Å². The fourth-order valence-corrected chi connectivity index (χ4v) is 4.81. The molecule has 2 rings (SSSR count). The van der Waals surface area contributed by atoms with E-state index >= 15 is 0 Å². The molecule has 4 N–H and O–H groups in total. The molecule has 168 valence electrons. The minimum atomic E-state index is -4.59. The van der Waals surface area contributed by atoms with Crippen LogP contribution in [0.4, 0.5) is 4.79 Å². The summed E-state index contributed by atoms with van der Waals surface area (Å²) in [5, 5.41) is 35.5. The molecule has 1 amide bonds. The molecule has 0 aromatic heterocycles. The summed E-state index contributed by atoms with van der Waals surface area (Å²) in [5.41, 5.74) is -4.67. The van der Waals surface area contributed by atoms with Gasteiger partial charge in [0.15, 0.2) is 11.7 Å². The zero-order chi connectivity index (χ0) is 22.9. The molecule has 0 spiro atoms. The highest BCUT2D eigenvalue weighted by Gasteiger charge is 2.68. The Balaban J connectivity index is 2.55. The molecule has 1 fully saturated rings. The van der Waals surface area contributed by atoms with Crippen LogP contribution >= 0.6 is 0 Å². The van der Waals surface area contributed by atoms with E-state index in [-0.39, 0.29) is 10.5 Å². The van der Waals surface area contributed by atoms with Gasteiger partial charge in [-0.05, 0) is 31.6 Å². The summed E-state index contributed by atoms with van der Waals surface area (Å²) in [5.74, 6) is -3.08. The SMILES string of the molecule is C=C(C)[C@@]1(O)[C@H](OC)[C@H](OC(=O)NC)CO[C@@]1(O)C(O)S(=O)(=O)c1ccc(C)cc1. The number of alkyl carbamates (subject to hydrolysis) is 1. The molecular formula is C19H27NO9S. The number of benzene rings is 1. The second-order valence-corrected chi connectivity index (χ2v) is 9.12. The van der Waals surface area contributed by atoms with Crippen LogP contribution in [0.1, 0.15) is 12.5 Å². The predicted molar refractivity (Wildman–Crippen MR) is 105 cm³/mol. The average molecular weight is 445 g/mol. The molecule has 11 heteroatoms. The Hall–Kier alpha value is -2.02. The Kier molecular flexibility index (Phi) is 6.96. The number of nitrogens with one attached hydrogen (secondary N) is 1. The van der Waals surface area contributed by atoms with Crippen LogP contribution in [0.2, 0.25) is 0 Å². The minimum Gasteiger partial charge on any atom is -0.441 e. The summed E-state index contributed by atoms with van der Waals surface area (Å²) in [7, 11) is -2.12. The second kappa shape index (κ2) is 8.61. The van der Waals surface area contributed by atoms with E-state index in [2.05, 4.69) is 11.9 Å². The number of methoxy groups -OCH3 is 1. The molecule has 1 unspecified atom stereocenters. The van der Waals surface area contributed by atoms with E-state index in [1.54, 1.807) is 6.92 Å². The van der Waals surface area contributed by atoms with E-state index in [0.29, 0.717) is 0 Å². The molecule has 1 aromatic carbocycles. The van der Waals surface area contributed by atoms with Crippen molar-refractivity contribution in [3.63, 3.8) is 0 Å². The first kappa shape index (κ1) is 24.3. The molecule has 0 radical (unpaired) electrons. The molecule has 10 nitrogen and oxygen atoms in total. The minimum absolute atomic E-state index is 0.180. The first-order valence-electron chi connectivity index (χ1n) is 9.00. The molecular weight excluding hydrogens is 418 g/mol. The maximum absolute atomic E-state index is 13.0. The maximum atomic E-state index is 13.0. The highest BCUT2D eigenvalue weighted by molar-refractivity contribution is 7.92. The van der Waals surface area contributed by atoms with E-state index in [4.69, 9.17) is 14.2 Å². The van der Waals surface area contributed by atoms with Crippen molar-refractivity contribution >= 4 is 15.9 Å². The largest absolute Gasteiger partial charge is 0.441 e. The lowest BCUT2D eigenvalue weighted by Gasteiger charge is -2.53. The summed E-state index contributed by atoms with van der Waals surface area (Å²) in [6, 6.07) is 5.54. The maximum Gasteiger partial charge on any atom is 0.407 e. The fourth-order valence-electron chi connectivity index (χ4n) is 3.37.